The van der Waals surface area contributed by atoms with E-state index in [9.17, 15) is 13.2 Å². The minimum absolute atomic E-state index is 0.0878. The molecule has 0 aliphatic heterocycles. The summed E-state index contributed by atoms with van der Waals surface area (Å²) >= 11 is 0. The highest BCUT2D eigenvalue weighted by atomic mass is 32.2. The first-order valence-corrected chi connectivity index (χ1v) is 7.39. The smallest absolute Gasteiger partial charge is 0.239 e. The number of sulfone groups is 1. The van der Waals surface area contributed by atoms with E-state index in [2.05, 4.69) is 0 Å². The van der Waals surface area contributed by atoms with E-state index < -0.39 is 15.9 Å². The van der Waals surface area contributed by atoms with Crippen LogP contribution < -0.4 is 5.73 Å². The Bertz CT molecular complexity index is 325. The number of nitrogens with two attached hydrogens (primary N) is 1. The molecule has 0 rings (SSSR count). The molecular formula is C10H22N2O3S. The maximum atomic E-state index is 11.7. The molecular weight excluding hydrogens is 228 g/mol. The zero-order valence-corrected chi connectivity index (χ0v) is 11.3. The van der Waals surface area contributed by atoms with Crippen LogP contribution in [0.5, 0.6) is 0 Å². The van der Waals surface area contributed by atoms with Gasteiger partial charge in [-0.2, -0.15) is 0 Å². The van der Waals surface area contributed by atoms with Gasteiger partial charge in [-0.25, -0.2) is 8.42 Å². The third-order valence-electron chi connectivity index (χ3n) is 2.39. The molecule has 1 amide bonds. The minimum atomic E-state index is -2.95. The van der Waals surface area contributed by atoms with E-state index in [-0.39, 0.29) is 17.6 Å². The van der Waals surface area contributed by atoms with Gasteiger partial charge in [0.25, 0.3) is 0 Å². The highest BCUT2D eigenvalue weighted by molar-refractivity contribution is 7.90. The highest BCUT2D eigenvalue weighted by Gasteiger charge is 2.20. The quantitative estimate of drug-likeness (QED) is 0.711. The van der Waals surface area contributed by atoms with Crippen molar-refractivity contribution in [3.05, 3.63) is 0 Å². The van der Waals surface area contributed by atoms with E-state index in [1.165, 1.54) is 11.2 Å². The van der Waals surface area contributed by atoms with Gasteiger partial charge in [0, 0.05) is 19.8 Å². The Balaban J connectivity index is 4.07. The molecule has 16 heavy (non-hydrogen) atoms. The summed E-state index contributed by atoms with van der Waals surface area (Å²) in [6.07, 6.45) is 1.64. The Hall–Kier alpha value is -0.620. The molecule has 0 spiro atoms. The number of hydrogen-bond donors (Lipinski definition) is 1. The molecule has 0 saturated heterocycles. The summed E-state index contributed by atoms with van der Waals surface area (Å²) in [6, 6.07) is -0.511. The Morgan fingerprint density at radius 3 is 2.25 bits per heavy atom. The second kappa shape index (κ2) is 6.20. The lowest BCUT2D eigenvalue weighted by Gasteiger charge is -2.23. The second-order valence-corrected chi connectivity index (χ2v) is 6.77. The summed E-state index contributed by atoms with van der Waals surface area (Å²) in [7, 11) is -1.31. The molecule has 2 N–H and O–H groups in total. The topological polar surface area (TPSA) is 80.5 Å². The van der Waals surface area contributed by atoms with Crippen molar-refractivity contribution in [3.8, 4) is 0 Å². The SMILES string of the molecule is CC(C)[C@H](N)C(=O)N(C)CCCS(C)(=O)=O. The van der Waals surface area contributed by atoms with Crippen molar-refractivity contribution >= 4 is 15.7 Å². The molecule has 96 valence electrons. The lowest BCUT2D eigenvalue weighted by atomic mass is 10.0. The molecule has 0 radical (unpaired) electrons. The fourth-order valence-corrected chi connectivity index (χ4v) is 1.87. The van der Waals surface area contributed by atoms with Crippen molar-refractivity contribution in [2.45, 2.75) is 26.3 Å². The average Bonchev–Trinajstić information content (AvgIpc) is 2.13. The number of nitrogens with zero attached hydrogens (tertiary/aromatic N) is 1. The predicted octanol–water partition coefficient (Wildman–Crippen LogP) is -0.137. The van der Waals surface area contributed by atoms with Crippen LogP contribution in [0.1, 0.15) is 20.3 Å². The van der Waals surface area contributed by atoms with Crippen LogP contribution in [-0.4, -0.2) is 50.9 Å². The average molecular weight is 250 g/mol. The van der Waals surface area contributed by atoms with E-state index in [0.29, 0.717) is 13.0 Å². The molecule has 0 aliphatic rings. The monoisotopic (exact) mass is 250 g/mol. The number of hydrogen-bond acceptors (Lipinski definition) is 4. The maximum Gasteiger partial charge on any atom is 0.239 e. The van der Waals surface area contributed by atoms with Gasteiger partial charge in [-0.05, 0) is 12.3 Å². The van der Waals surface area contributed by atoms with Gasteiger partial charge in [-0.3, -0.25) is 4.79 Å². The molecule has 5 nitrogen and oxygen atoms in total. The third kappa shape index (κ3) is 6.07. The van der Waals surface area contributed by atoms with Gasteiger partial charge in [-0.15, -0.1) is 0 Å². The van der Waals surface area contributed by atoms with E-state index in [1.807, 2.05) is 13.8 Å². The van der Waals surface area contributed by atoms with Crippen LogP contribution >= 0.6 is 0 Å². The van der Waals surface area contributed by atoms with Crippen LogP contribution in [-0.2, 0) is 14.6 Å². The molecule has 0 bridgehead atoms. The zero-order valence-electron chi connectivity index (χ0n) is 10.4. The van der Waals surface area contributed by atoms with Crippen molar-refractivity contribution in [1.29, 1.82) is 0 Å². The van der Waals surface area contributed by atoms with Crippen molar-refractivity contribution in [2.24, 2.45) is 11.7 Å². The maximum absolute atomic E-state index is 11.7. The first kappa shape index (κ1) is 15.4. The van der Waals surface area contributed by atoms with Gasteiger partial charge in [0.15, 0.2) is 0 Å². The fraction of sp³-hybridized carbons (Fsp3) is 0.900. The van der Waals surface area contributed by atoms with Crippen molar-refractivity contribution in [1.82, 2.24) is 4.90 Å². The molecule has 6 heteroatoms. The Morgan fingerprint density at radius 1 is 1.38 bits per heavy atom. The van der Waals surface area contributed by atoms with Gasteiger partial charge in [0.05, 0.1) is 11.8 Å². The number of rotatable bonds is 6. The van der Waals surface area contributed by atoms with Gasteiger partial charge in [-0.1, -0.05) is 13.8 Å². The largest absolute Gasteiger partial charge is 0.344 e. The van der Waals surface area contributed by atoms with Crippen LogP contribution in [0.4, 0.5) is 0 Å². The summed E-state index contributed by atoms with van der Waals surface area (Å²) < 4.78 is 21.8. The Labute approximate surface area is 97.9 Å². The zero-order chi connectivity index (χ0) is 12.9. The van der Waals surface area contributed by atoms with Crippen molar-refractivity contribution in [3.63, 3.8) is 0 Å². The number of amides is 1. The summed E-state index contributed by atoms with van der Waals surface area (Å²) in [6.45, 7) is 4.19. The lowest BCUT2D eigenvalue weighted by Crippen LogP contribution is -2.45. The molecule has 0 aliphatic carbocycles. The second-order valence-electron chi connectivity index (χ2n) is 4.51. The molecule has 1 atom stereocenters. The number of likely N-dealkylation sites (N-methyl/N-ethyl adjacent to an activating group) is 1. The van der Waals surface area contributed by atoms with Crippen LogP contribution in [0.2, 0.25) is 0 Å². The van der Waals surface area contributed by atoms with Crippen LogP contribution in [0.25, 0.3) is 0 Å². The van der Waals surface area contributed by atoms with Gasteiger partial charge in [0.1, 0.15) is 9.84 Å². The van der Waals surface area contributed by atoms with Crippen LogP contribution in [0.3, 0.4) is 0 Å². The van der Waals surface area contributed by atoms with Crippen molar-refractivity contribution < 1.29 is 13.2 Å². The molecule has 0 unspecified atom stereocenters. The van der Waals surface area contributed by atoms with Gasteiger partial charge in [0.2, 0.25) is 5.91 Å². The standard InChI is InChI=1S/C10H22N2O3S/c1-8(2)9(11)10(13)12(3)6-5-7-16(4,14)15/h8-9H,5-7,11H2,1-4H3/t9-/m0/s1. The van der Waals surface area contributed by atoms with Crippen LogP contribution in [0.15, 0.2) is 0 Å². The van der Waals surface area contributed by atoms with E-state index >= 15 is 0 Å². The third-order valence-corrected chi connectivity index (χ3v) is 3.42. The molecule has 0 heterocycles. The summed E-state index contributed by atoms with van der Waals surface area (Å²) in [4.78, 5) is 13.2. The van der Waals surface area contributed by atoms with Gasteiger partial charge < -0.3 is 10.6 Å². The summed E-state index contributed by atoms with van der Waals surface area (Å²) in [5, 5.41) is 0. The van der Waals surface area contributed by atoms with E-state index in [0.717, 1.165) is 0 Å². The van der Waals surface area contributed by atoms with Crippen molar-refractivity contribution in [2.75, 3.05) is 25.6 Å². The minimum Gasteiger partial charge on any atom is -0.344 e. The van der Waals surface area contributed by atoms with E-state index in [4.69, 9.17) is 5.73 Å². The molecule has 0 aromatic carbocycles. The number of carbonyl (C=O) groups is 1. The van der Waals surface area contributed by atoms with Gasteiger partial charge >= 0.3 is 0 Å². The highest BCUT2D eigenvalue weighted by Crippen LogP contribution is 2.03. The first-order chi connectivity index (χ1) is 7.15. The van der Waals surface area contributed by atoms with E-state index in [1.54, 1.807) is 7.05 Å². The molecule has 0 aromatic rings. The normalized spacial score (nSPS) is 13.9. The van der Waals surface area contributed by atoms with Crippen LogP contribution in [0, 0.1) is 5.92 Å². The molecule has 0 fully saturated rings. The Kier molecular flexibility index (Phi) is 5.96. The first-order valence-electron chi connectivity index (χ1n) is 5.33. The summed E-state index contributed by atoms with van der Waals surface area (Å²) in [5.41, 5.74) is 5.71. The Morgan fingerprint density at radius 2 is 1.88 bits per heavy atom. The summed E-state index contributed by atoms with van der Waals surface area (Å²) in [5.74, 6) is 0.0509. The predicted molar refractivity (Wildman–Crippen MR) is 64.8 cm³/mol. The molecule has 0 saturated carbocycles. The fourth-order valence-electron chi connectivity index (χ4n) is 1.21. The number of carbonyl (C=O) groups excluding carboxylic acids is 1. The molecule has 0 aromatic heterocycles. The lowest BCUT2D eigenvalue weighted by molar-refractivity contribution is -0.132.